The van der Waals surface area contributed by atoms with Gasteiger partial charge in [0.1, 0.15) is 11.7 Å². The number of carbonyl (C=O) groups is 2. The van der Waals surface area contributed by atoms with Gasteiger partial charge in [0.15, 0.2) is 12.4 Å². The molecule has 2 aromatic rings. The number of hydrogen-bond acceptors (Lipinski definition) is 4. The Kier molecular flexibility index (Phi) is 4.48. The van der Waals surface area contributed by atoms with E-state index in [9.17, 15) is 14.7 Å². The molecule has 3 rings (SSSR count). The molecule has 1 atom stereocenters. The van der Waals surface area contributed by atoms with Crippen molar-refractivity contribution in [2.45, 2.75) is 32.9 Å². The molecule has 0 saturated heterocycles. The molecule has 2 heterocycles. The molecule has 1 aliphatic heterocycles. The lowest BCUT2D eigenvalue weighted by atomic mass is 9.94. The molecule has 0 saturated carbocycles. The normalized spacial score (nSPS) is 16.4. The van der Waals surface area contributed by atoms with E-state index >= 15 is 0 Å². The average molecular weight is 343 g/mol. The lowest BCUT2D eigenvalue weighted by Crippen LogP contribution is -2.50. The predicted octanol–water partition coefficient (Wildman–Crippen LogP) is 1.45. The zero-order valence-electron chi connectivity index (χ0n) is 14.5. The third kappa shape index (κ3) is 3.22. The van der Waals surface area contributed by atoms with Crippen molar-refractivity contribution in [1.82, 2.24) is 14.7 Å². The zero-order valence-corrected chi connectivity index (χ0v) is 14.5. The van der Waals surface area contributed by atoms with Crippen LogP contribution < -0.4 is 4.74 Å². The standard InChI is InChI=1S/C18H21N3O4/c1-11-17(12(2)20(3)19-11)25-10-16(22)21-9-14-7-5-4-6-13(14)8-15(21)18(23)24/h4-7,15H,8-10H2,1-3H3,(H,23,24). The fourth-order valence-corrected chi connectivity index (χ4v) is 3.19. The number of benzene rings is 1. The van der Waals surface area contributed by atoms with Crippen LogP contribution in [-0.4, -0.2) is 44.3 Å². The van der Waals surface area contributed by atoms with Gasteiger partial charge in [0.2, 0.25) is 0 Å². The van der Waals surface area contributed by atoms with Crippen molar-refractivity contribution in [1.29, 1.82) is 0 Å². The quantitative estimate of drug-likeness (QED) is 0.908. The Morgan fingerprint density at radius 2 is 1.96 bits per heavy atom. The second-order valence-electron chi connectivity index (χ2n) is 6.26. The number of rotatable bonds is 4. The highest BCUT2D eigenvalue weighted by molar-refractivity contribution is 5.85. The smallest absolute Gasteiger partial charge is 0.326 e. The van der Waals surface area contributed by atoms with Gasteiger partial charge in [-0.05, 0) is 25.0 Å². The Labute approximate surface area is 145 Å². The number of hydrogen-bond donors (Lipinski definition) is 1. The Balaban J connectivity index is 1.77. The molecule has 0 radical (unpaired) electrons. The van der Waals surface area contributed by atoms with Crippen molar-refractivity contribution in [3.63, 3.8) is 0 Å². The summed E-state index contributed by atoms with van der Waals surface area (Å²) in [6.07, 6.45) is 0.308. The zero-order chi connectivity index (χ0) is 18.1. The minimum atomic E-state index is -1.00. The number of nitrogens with zero attached hydrogens (tertiary/aromatic N) is 3. The molecule has 25 heavy (non-hydrogen) atoms. The first-order chi connectivity index (χ1) is 11.9. The molecule has 1 aliphatic rings. The summed E-state index contributed by atoms with van der Waals surface area (Å²) in [6, 6.07) is 6.73. The van der Waals surface area contributed by atoms with E-state index in [4.69, 9.17) is 4.74 Å². The number of amides is 1. The van der Waals surface area contributed by atoms with E-state index in [2.05, 4.69) is 5.10 Å². The van der Waals surface area contributed by atoms with Crippen molar-refractivity contribution in [3.05, 3.63) is 46.8 Å². The summed E-state index contributed by atoms with van der Waals surface area (Å²) in [5.74, 6) is -0.777. The summed E-state index contributed by atoms with van der Waals surface area (Å²) in [6.45, 7) is 3.74. The molecule has 7 heteroatoms. The molecule has 0 spiro atoms. The van der Waals surface area contributed by atoms with Gasteiger partial charge in [0, 0.05) is 20.0 Å². The Hall–Kier alpha value is -2.83. The van der Waals surface area contributed by atoms with Crippen LogP contribution in [0.4, 0.5) is 0 Å². The molecule has 1 aromatic carbocycles. The number of carbonyl (C=O) groups excluding carboxylic acids is 1. The van der Waals surface area contributed by atoms with Crippen molar-refractivity contribution in [2.75, 3.05) is 6.61 Å². The van der Waals surface area contributed by atoms with Gasteiger partial charge < -0.3 is 14.7 Å². The summed E-state index contributed by atoms with van der Waals surface area (Å²) in [7, 11) is 1.80. The number of aryl methyl sites for hydroxylation is 2. The molecule has 1 unspecified atom stereocenters. The van der Waals surface area contributed by atoms with Crippen LogP contribution in [0.2, 0.25) is 0 Å². The SMILES string of the molecule is Cc1nn(C)c(C)c1OCC(=O)N1Cc2ccccc2CC1C(=O)O. The maximum Gasteiger partial charge on any atom is 0.326 e. The summed E-state index contributed by atoms with van der Waals surface area (Å²) in [4.78, 5) is 25.6. The Morgan fingerprint density at radius 1 is 1.28 bits per heavy atom. The van der Waals surface area contributed by atoms with Crippen LogP contribution in [0.25, 0.3) is 0 Å². The fraction of sp³-hybridized carbons (Fsp3) is 0.389. The van der Waals surface area contributed by atoms with E-state index in [0.717, 1.165) is 16.8 Å². The predicted molar refractivity (Wildman–Crippen MR) is 90.3 cm³/mol. The summed E-state index contributed by atoms with van der Waals surface area (Å²) < 4.78 is 7.34. The van der Waals surface area contributed by atoms with Crippen LogP contribution in [0.15, 0.2) is 24.3 Å². The van der Waals surface area contributed by atoms with Crippen LogP contribution in [0.3, 0.4) is 0 Å². The van der Waals surface area contributed by atoms with Crippen molar-refractivity contribution < 1.29 is 19.4 Å². The van der Waals surface area contributed by atoms with E-state index in [0.29, 0.717) is 17.9 Å². The molecule has 7 nitrogen and oxygen atoms in total. The van der Waals surface area contributed by atoms with Gasteiger partial charge in [-0.3, -0.25) is 9.48 Å². The van der Waals surface area contributed by atoms with Crippen molar-refractivity contribution in [3.8, 4) is 5.75 Å². The molecule has 0 aliphatic carbocycles. The minimum absolute atomic E-state index is 0.209. The van der Waals surface area contributed by atoms with E-state index < -0.39 is 12.0 Å². The number of carboxylic acids is 1. The van der Waals surface area contributed by atoms with Crippen LogP contribution in [0, 0.1) is 13.8 Å². The summed E-state index contributed by atoms with van der Waals surface area (Å²) in [5.41, 5.74) is 3.47. The maximum atomic E-state index is 12.6. The molecule has 132 valence electrons. The third-order valence-electron chi connectivity index (χ3n) is 4.64. The van der Waals surface area contributed by atoms with E-state index in [-0.39, 0.29) is 19.1 Å². The summed E-state index contributed by atoms with van der Waals surface area (Å²) in [5, 5.41) is 13.8. The fourth-order valence-electron chi connectivity index (χ4n) is 3.19. The summed E-state index contributed by atoms with van der Waals surface area (Å²) >= 11 is 0. The molecule has 0 bridgehead atoms. The lowest BCUT2D eigenvalue weighted by Gasteiger charge is -2.34. The minimum Gasteiger partial charge on any atom is -0.480 e. The van der Waals surface area contributed by atoms with Crippen LogP contribution in [0.5, 0.6) is 5.75 Å². The van der Waals surface area contributed by atoms with Crippen LogP contribution in [0.1, 0.15) is 22.5 Å². The van der Waals surface area contributed by atoms with Gasteiger partial charge in [-0.15, -0.1) is 0 Å². The third-order valence-corrected chi connectivity index (χ3v) is 4.64. The highest BCUT2D eigenvalue weighted by Gasteiger charge is 2.34. The number of ether oxygens (including phenoxy) is 1. The monoisotopic (exact) mass is 343 g/mol. The first kappa shape index (κ1) is 17.0. The van der Waals surface area contributed by atoms with Gasteiger partial charge in [0.05, 0.1) is 5.69 Å². The first-order valence-electron chi connectivity index (χ1n) is 8.10. The highest BCUT2D eigenvalue weighted by atomic mass is 16.5. The number of aromatic nitrogens is 2. The number of aliphatic carboxylic acids is 1. The highest BCUT2D eigenvalue weighted by Crippen LogP contribution is 2.25. The second-order valence-corrected chi connectivity index (χ2v) is 6.26. The van der Waals surface area contributed by atoms with Gasteiger partial charge in [-0.2, -0.15) is 5.10 Å². The van der Waals surface area contributed by atoms with E-state index in [1.807, 2.05) is 38.1 Å². The molecule has 1 N–H and O–H groups in total. The second kappa shape index (κ2) is 6.58. The van der Waals surface area contributed by atoms with Gasteiger partial charge in [-0.1, -0.05) is 24.3 Å². The van der Waals surface area contributed by atoms with E-state index in [1.54, 1.807) is 11.7 Å². The maximum absolute atomic E-state index is 12.6. The lowest BCUT2D eigenvalue weighted by molar-refractivity contribution is -0.152. The number of fused-ring (bicyclic) bond motifs is 1. The van der Waals surface area contributed by atoms with Crippen molar-refractivity contribution in [2.24, 2.45) is 7.05 Å². The van der Waals surface area contributed by atoms with Crippen LogP contribution >= 0.6 is 0 Å². The molecule has 1 aromatic heterocycles. The van der Waals surface area contributed by atoms with Crippen molar-refractivity contribution >= 4 is 11.9 Å². The largest absolute Gasteiger partial charge is 0.480 e. The molecular formula is C18H21N3O4. The molecule has 0 fully saturated rings. The van der Waals surface area contributed by atoms with Gasteiger partial charge >= 0.3 is 5.97 Å². The van der Waals surface area contributed by atoms with E-state index in [1.165, 1.54) is 4.90 Å². The van der Waals surface area contributed by atoms with Crippen LogP contribution in [-0.2, 0) is 29.6 Å². The number of carboxylic acid groups (broad SMARTS) is 1. The molecular weight excluding hydrogens is 322 g/mol. The Morgan fingerprint density at radius 3 is 2.56 bits per heavy atom. The molecule has 1 amide bonds. The average Bonchev–Trinajstić information content (AvgIpc) is 2.83. The topological polar surface area (TPSA) is 84.7 Å². The van der Waals surface area contributed by atoms with Gasteiger partial charge in [-0.25, -0.2) is 4.79 Å². The first-order valence-corrected chi connectivity index (χ1v) is 8.10. The Bertz CT molecular complexity index is 828. The van der Waals surface area contributed by atoms with Gasteiger partial charge in [0.25, 0.3) is 5.91 Å².